The van der Waals surface area contributed by atoms with Gasteiger partial charge in [0, 0.05) is 29.1 Å². The van der Waals surface area contributed by atoms with Crippen molar-refractivity contribution < 1.29 is 28.6 Å². The lowest BCUT2D eigenvalue weighted by Gasteiger charge is -2.15. The minimum Gasteiger partial charge on any atom is -0.493 e. The van der Waals surface area contributed by atoms with E-state index in [-0.39, 0.29) is 31.2 Å². The van der Waals surface area contributed by atoms with E-state index in [4.69, 9.17) is 25.8 Å². The largest absolute Gasteiger partial charge is 0.493 e. The van der Waals surface area contributed by atoms with Crippen molar-refractivity contribution >= 4 is 51.9 Å². The Bertz CT molecular complexity index is 1230. The third-order valence-electron chi connectivity index (χ3n) is 4.59. The summed E-state index contributed by atoms with van der Waals surface area (Å²) in [4.78, 5) is 43.9. The van der Waals surface area contributed by atoms with Crippen LogP contribution >= 0.6 is 11.6 Å². The Hall–Kier alpha value is -3.92. The average molecular weight is 487 g/mol. The number of rotatable bonds is 9. The molecule has 0 spiro atoms. The Morgan fingerprint density at radius 3 is 2.59 bits per heavy atom. The van der Waals surface area contributed by atoms with Gasteiger partial charge in [-0.1, -0.05) is 17.7 Å². The molecule has 1 heterocycles. The average Bonchev–Trinajstić information content (AvgIpc) is 2.79. The minimum absolute atomic E-state index is 0.0194. The first-order valence-electron chi connectivity index (χ1n) is 10.3. The third-order valence-corrected chi connectivity index (χ3v) is 4.82. The van der Waals surface area contributed by atoms with Crippen LogP contribution in [-0.2, 0) is 25.5 Å². The number of halogens is 1. The number of carbonyl (C=O) groups is 3. The molecule has 11 heteroatoms. The van der Waals surface area contributed by atoms with Gasteiger partial charge in [-0.3, -0.25) is 14.4 Å². The van der Waals surface area contributed by atoms with Gasteiger partial charge in [0.05, 0.1) is 25.7 Å². The summed E-state index contributed by atoms with van der Waals surface area (Å²) in [6, 6.07) is 8.23. The third kappa shape index (κ3) is 6.32. The van der Waals surface area contributed by atoms with Gasteiger partial charge in [0.25, 0.3) is 0 Å². The summed E-state index contributed by atoms with van der Waals surface area (Å²) in [5, 5.41) is 6.70. The zero-order valence-corrected chi connectivity index (χ0v) is 19.6. The summed E-state index contributed by atoms with van der Waals surface area (Å²) >= 11 is 6.19. The number of methoxy groups -OCH3 is 1. The Balaban J connectivity index is 1.91. The van der Waals surface area contributed by atoms with Crippen LogP contribution in [0.25, 0.3) is 10.9 Å². The number of nitrogens with one attached hydrogen (secondary N) is 2. The quantitative estimate of drug-likeness (QED) is 0.346. The smallest absolute Gasteiger partial charge is 0.325 e. The lowest BCUT2D eigenvalue weighted by molar-refractivity contribution is -0.143. The molecule has 0 aliphatic rings. The second-order valence-corrected chi connectivity index (χ2v) is 7.46. The standard InChI is InChI=1S/C23H23ClN4O6/c1-4-33-22(31)11-25-21(30)7-14-5-6-15(24)8-17(14)28-23-16-9-20(34-13(2)29)19(32-3)10-18(16)26-12-27-23/h5-6,8-10,12H,4,7,11H2,1-3H3,(H,25,30)(H,26,27,28). The van der Waals surface area contributed by atoms with E-state index in [1.165, 1.54) is 20.4 Å². The predicted molar refractivity (Wildman–Crippen MR) is 125 cm³/mol. The number of carbonyl (C=O) groups excluding carboxylic acids is 3. The number of benzene rings is 2. The molecule has 0 aliphatic carbocycles. The van der Waals surface area contributed by atoms with E-state index in [0.29, 0.717) is 38.7 Å². The molecule has 0 radical (unpaired) electrons. The van der Waals surface area contributed by atoms with Gasteiger partial charge in [0.1, 0.15) is 18.7 Å². The van der Waals surface area contributed by atoms with Crippen molar-refractivity contribution in [3.05, 3.63) is 47.2 Å². The lowest BCUT2D eigenvalue weighted by atomic mass is 10.1. The second-order valence-electron chi connectivity index (χ2n) is 7.02. The van der Waals surface area contributed by atoms with Gasteiger partial charge < -0.3 is 24.8 Å². The summed E-state index contributed by atoms with van der Waals surface area (Å²) < 4.78 is 15.4. The van der Waals surface area contributed by atoms with E-state index < -0.39 is 11.9 Å². The summed E-state index contributed by atoms with van der Waals surface area (Å²) in [6.45, 7) is 2.99. The molecule has 1 amide bonds. The van der Waals surface area contributed by atoms with Crippen molar-refractivity contribution in [2.75, 3.05) is 25.6 Å². The van der Waals surface area contributed by atoms with Crippen molar-refractivity contribution in [3.8, 4) is 11.5 Å². The normalized spacial score (nSPS) is 10.5. The SMILES string of the molecule is CCOC(=O)CNC(=O)Cc1ccc(Cl)cc1Nc1ncnc2cc(OC)c(OC(C)=O)cc12. The van der Waals surface area contributed by atoms with Crippen LogP contribution in [0.15, 0.2) is 36.7 Å². The monoisotopic (exact) mass is 486 g/mol. The molecule has 1 aromatic heterocycles. The molecule has 0 bridgehead atoms. The molecule has 0 unspecified atom stereocenters. The van der Waals surface area contributed by atoms with E-state index in [9.17, 15) is 14.4 Å². The van der Waals surface area contributed by atoms with Crippen LogP contribution in [0.4, 0.5) is 11.5 Å². The van der Waals surface area contributed by atoms with Crippen LogP contribution in [0.5, 0.6) is 11.5 Å². The van der Waals surface area contributed by atoms with Crippen LogP contribution in [-0.4, -0.2) is 48.1 Å². The highest BCUT2D eigenvalue weighted by Gasteiger charge is 2.16. The first-order chi connectivity index (χ1) is 16.3. The van der Waals surface area contributed by atoms with E-state index in [2.05, 4.69) is 20.6 Å². The lowest BCUT2D eigenvalue weighted by Crippen LogP contribution is -2.31. The molecule has 0 saturated heterocycles. The van der Waals surface area contributed by atoms with Crippen molar-refractivity contribution in [2.45, 2.75) is 20.3 Å². The molecule has 178 valence electrons. The molecule has 10 nitrogen and oxygen atoms in total. The fourth-order valence-electron chi connectivity index (χ4n) is 3.12. The van der Waals surface area contributed by atoms with Gasteiger partial charge in [-0.25, -0.2) is 9.97 Å². The van der Waals surface area contributed by atoms with Gasteiger partial charge in [-0.2, -0.15) is 0 Å². The Morgan fingerprint density at radius 2 is 1.88 bits per heavy atom. The van der Waals surface area contributed by atoms with Crippen LogP contribution in [0.3, 0.4) is 0 Å². The molecule has 0 atom stereocenters. The number of anilines is 2. The number of hydrogen-bond acceptors (Lipinski definition) is 9. The zero-order valence-electron chi connectivity index (χ0n) is 18.8. The highest BCUT2D eigenvalue weighted by atomic mass is 35.5. The van der Waals surface area contributed by atoms with Crippen molar-refractivity contribution in [3.63, 3.8) is 0 Å². The van der Waals surface area contributed by atoms with E-state index in [1.54, 1.807) is 37.3 Å². The maximum atomic E-state index is 12.4. The molecule has 3 rings (SSSR count). The van der Waals surface area contributed by atoms with Crippen molar-refractivity contribution in [2.24, 2.45) is 0 Å². The first-order valence-corrected chi connectivity index (χ1v) is 10.7. The van der Waals surface area contributed by atoms with Crippen LogP contribution in [0, 0.1) is 0 Å². The number of amides is 1. The zero-order chi connectivity index (χ0) is 24.7. The maximum Gasteiger partial charge on any atom is 0.325 e. The maximum absolute atomic E-state index is 12.4. The topological polar surface area (TPSA) is 129 Å². The molecule has 0 saturated carbocycles. The highest BCUT2D eigenvalue weighted by Crippen LogP contribution is 2.35. The Morgan fingerprint density at radius 1 is 1.09 bits per heavy atom. The number of esters is 2. The molecule has 2 N–H and O–H groups in total. The molecule has 0 aliphatic heterocycles. The highest BCUT2D eigenvalue weighted by molar-refractivity contribution is 6.31. The van der Waals surface area contributed by atoms with Crippen LogP contribution in [0.1, 0.15) is 19.4 Å². The number of ether oxygens (including phenoxy) is 3. The summed E-state index contributed by atoms with van der Waals surface area (Å²) in [6.07, 6.45) is 1.35. The predicted octanol–water partition coefficient (Wildman–Crippen LogP) is 3.18. The minimum atomic E-state index is -0.517. The summed E-state index contributed by atoms with van der Waals surface area (Å²) in [7, 11) is 1.46. The number of aromatic nitrogens is 2. The van der Waals surface area contributed by atoms with E-state index in [0.717, 1.165) is 0 Å². The summed E-state index contributed by atoms with van der Waals surface area (Å²) in [5.74, 6) is -0.435. The van der Waals surface area contributed by atoms with Gasteiger partial charge >= 0.3 is 11.9 Å². The van der Waals surface area contributed by atoms with Gasteiger partial charge in [0.2, 0.25) is 5.91 Å². The fourth-order valence-corrected chi connectivity index (χ4v) is 3.29. The molecular formula is C23H23ClN4O6. The number of nitrogens with zero attached hydrogens (tertiary/aromatic N) is 2. The van der Waals surface area contributed by atoms with E-state index >= 15 is 0 Å². The van der Waals surface area contributed by atoms with Gasteiger partial charge in [-0.15, -0.1) is 0 Å². The number of hydrogen-bond donors (Lipinski definition) is 2. The molecule has 3 aromatic rings. The Labute approximate surface area is 200 Å². The van der Waals surface area contributed by atoms with Crippen LogP contribution < -0.4 is 20.1 Å². The van der Waals surface area contributed by atoms with Gasteiger partial charge in [0.15, 0.2) is 11.5 Å². The van der Waals surface area contributed by atoms with E-state index in [1.807, 2.05) is 0 Å². The van der Waals surface area contributed by atoms with Crippen molar-refractivity contribution in [1.29, 1.82) is 0 Å². The molecule has 34 heavy (non-hydrogen) atoms. The van der Waals surface area contributed by atoms with Crippen LogP contribution in [0.2, 0.25) is 5.02 Å². The molecule has 2 aromatic carbocycles. The molecular weight excluding hydrogens is 464 g/mol. The molecule has 0 fully saturated rings. The van der Waals surface area contributed by atoms with Crippen molar-refractivity contribution in [1.82, 2.24) is 15.3 Å². The first kappa shape index (κ1) is 24.7. The van der Waals surface area contributed by atoms with Gasteiger partial charge in [-0.05, 0) is 30.7 Å². The summed E-state index contributed by atoms with van der Waals surface area (Å²) in [5.41, 5.74) is 1.69. The fraction of sp³-hybridized carbons (Fsp3) is 0.261. The second kappa shape index (κ2) is 11.3. The Kier molecular flexibility index (Phi) is 8.20. The number of fused-ring (bicyclic) bond motifs is 1.